The van der Waals surface area contributed by atoms with Crippen molar-refractivity contribution in [1.29, 1.82) is 0 Å². The summed E-state index contributed by atoms with van der Waals surface area (Å²) in [5.41, 5.74) is 1.24. The number of amides is 1. The van der Waals surface area contributed by atoms with Gasteiger partial charge in [-0.15, -0.1) is 0 Å². The fraction of sp³-hybridized carbons (Fsp3) is 0.588. The molecule has 0 bridgehead atoms. The molecule has 5 nitrogen and oxygen atoms in total. The molecule has 1 aromatic rings. The number of rotatable bonds is 2. The van der Waals surface area contributed by atoms with Gasteiger partial charge in [-0.25, -0.2) is 0 Å². The van der Waals surface area contributed by atoms with Gasteiger partial charge in [0.05, 0.1) is 24.8 Å². The smallest absolute Gasteiger partial charge is 0.256 e. The first-order chi connectivity index (χ1) is 10.6. The van der Waals surface area contributed by atoms with Gasteiger partial charge < -0.3 is 19.7 Å². The number of carbonyl (C=O) groups is 1. The molecule has 0 radical (unpaired) electrons. The van der Waals surface area contributed by atoms with Gasteiger partial charge >= 0.3 is 0 Å². The van der Waals surface area contributed by atoms with Crippen molar-refractivity contribution < 1.29 is 14.3 Å². The van der Waals surface area contributed by atoms with Gasteiger partial charge in [-0.05, 0) is 31.9 Å². The van der Waals surface area contributed by atoms with E-state index in [4.69, 9.17) is 9.47 Å². The maximum Gasteiger partial charge on any atom is 0.256 e. The highest BCUT2D eigenvalue weighted by Gasteiger charge is 2.42. The van der Waals surface area contributed by atoms with E-state index in [1.807, 2.05) is 43.1 Å². The molecule has 1 spiro atoms. The van der Waals surface area contributed by atoms with Gasteiger partial charge in [0.15, 0.2) is 0 Å². The zero-order valence-electron chi connectivity index (χ0n) is 13.3. The van der Waals surface area contributed by atoms with Crippen LogP contribution in [0.4, 0.5) is 5.69 Å². The Balaban J connectivity index is 1.82. The molecule has 1 amide bonds. The first-order valence-electron chi connectivity index (χ1n) is 7.95. The van der Waals surface area contributed by atoms with E-state index >= 15 is 0 Å². The molecule has 2 saturated heterocycles. The Hall–Kier alpha value is -1.59. The number of ether oxygens (including phenoxy) is 2. The highest BCUT2D eigenvalue weighted by atomic mass is 16.6. The molecule has 2 atom stereocenters. The lowest BCUT2D eigenvalue weighted by atomic mass is 9.93. The zero-order valence-corrected chi connectivity index (χ0v) is 13.3. The lowest BCUT2D eigenvalue weighted by Gasteiger charge is -2.47. The third kappa shape index (κ3) is 2.96. The molecule has 0 aliphatic carbocycles. The van der Waals surface area contributed by atoms with Crippen LogP contribution in [0.15, 0.2) is 24.3 Å². The van der Waals surface area contributed by atoms with Crippen LogP contribution in [0.5, 0.6) is 0 Å². The molecule has 0 aromatic heterocycles. The molecule has 1 N–H and O–H groups in total. The van der Waals surface area contributed by atoms with Crippen molar-refractivity contribution >= 4 is 11.6 Å². The second kappa shape index (κ2) is 6.26. The summed E-state index contributed by atoms with van der Waals surface area (Å²) in [7, 11) is 1.84. The molecule has 3 rings (SSSR count). The Morgan fingerprint density at radius 2 is 2.23 bits per heavy atom. The third-order valence-electron chi connectivity index (χ3n) is 4.41. The van der Waals surface area contributed by atoms with Gasteiger partial charge in [-0.1, -0.05) is 12.1 Å². The van der Waals surface area contributed by atoms with Crippen LogP contribution in [0.3, 0.4) is 0 Å². The number of morpholine rings is 1. The van der Waals surface area contributed by atoms with Gasteiger partial charge in [0, 0.05) is 25.9 Å². The number of nitrogens with zero attached hydrogens (tertiary/aromatic N) is 1. The molecule has 2 fully saturated rings. The summed E-state index contributed by atoms with van der Waals surface area (Å²) in [6, 6.07) is 7.63. The van der Waals surface area contributed by atoms with Gasteiger partial charge in [-0.2, -0.15) is 0 Å². The summed E-state index contributed by atoms with van der Waals surface area (Å²) in [5.74, 6) is 0.0602. The predicted octanol–water partition coefficient (Wildman–Crippen LogP) is 2.14. The first kappa shape index (κ1) is 15.3. The summed E-state index contributed by atoms with van der Waals surface area (Å²) in [6.07, 6.45) is 1.97. The topological polar surface area (TPSA) is 50.8 Å². The minimum absolute atomic E-state index is 0.0288. The summed E-state index contributed by atoms with van der Waals surface area (Å²) >= 11 is 0. The molecule has 0 unspecified atom stereocenters. The Kier molecular flexibility index (Phi) is 4.36. The number of nitrogens with one attached hydrogen (secondary N) is 1. The van der Waals surface area contributed by atoms with Crippen LogP contribution in [0.2, 0.25) is 0 Å². The largest absolute Gasteiger partial charge is 0.387 e. The Labute approximate surface area is 131 Å². The van der Waals surface area contributed by atoms with Crippen LogP contribution in [0, 0.1) is 0 Å². The second-order valence-electron chi connectivity index (χ2n) is 6.25. The molecule has 5 heteroatoms. The molecule has 2 heterocycles. The number of benzene rings is 1. The minimum Gasteiger partial charge on any atom is -0.387 e. The van der Waals surface area contributed by atoms with Crippen LogP contribution in [-0.4, -0.2) is 55.9 Å². The van der Waals surface area contributed by atoms with E-state index in [1.165, 1.54) is 0 Å². The van der Waals surface area contributed by atoms with Gasteiger partial charge in [0.1, 0.15) is 5.60 Å². The lowest BCUT2D eigenvalue weighted by Crippen LogP contribution is -2.59. The highest BCUT2D eigenvalue weighted by molar-refractivity contribution is 5.99. The number of carbonyl (C=O) groups excluding carboxylic acids is 1. The van der Waals surface area contributed by atoms with Crippen molar-refractivity contribution in [2.45, 2.75) is 31.5 Å². The van der Waals surface area contributed by atoms with E-state index in [0.29, 0.717) is 25.3 Å². The van der Waals surface area contributed by atoms with Crippen molar-refractivity contribution in [3.8, 4) is 0 Å². The van der Waals surface area contributed by atoms with Crippen LogP contribution >= 0.6 is 0 Å². The number of para-hydroxylation sites is 1. The minimum atomic E-state index is -0.333. The summed E-state index contributed by atoms with van der Waals surface area (Å²) < 4.78 is 11.8. The predicted molar refractivity (Wildman–Crippen MR) is 85.2 cm³/mol. The van der Waals surface area contributed by atoms with Crippen molar-refractivity contribution in [3.63, 3.8) is 0 Å². The standard InChI is InChI=1S/C17H24N2O3/c1-13-10-19(11-17(22-13)8-5-9-21-12-17)16(20)14-6-3-4-7-15(14)18-2/h3-4,6-7,13,18H,5,8-12H2,1-2H3/t13-,17+/m1/s1. The maximum atomic E-state index is 12.9. The fourth-order valence-electron chi connectivity index (χ4n) is 3.48. The number of hydrogen-bond donors (Lipinski definition) is 1. The van der Waals surface area contributed by atoms with Crippen LogP contribution in [0.25, 0.3) is 0 Å². The zero-order chi connectivity index (χ0) is 15.6. The summed E-state index contributed by atoms with van der Waals surface area (Å²) in [6.45, 7) is 4.62. The SMILES string of the molecule is CNc1ccccc1C(=O)N1C[C@@H](C)O[C@@]2(CCCOC2)C1. The molecule has 2 aliphatic rings. The van der Waals surface area contributed by atoms with Crippen molar-refractivity contribution in [2.24, 2.45) is 0 Å². The van der Waals surface area contributed by atoms with E-state index in [2.05, 4.69) is 5.32 Å². The average Bonchev–Trinajstić information content (AvgIpc) is 2.54. The maximum absolute atomic E-state index is 12.9. The molecule has 1 aromatic carbocycles. The Bertz CT molecular complexity index is 540. The van der Waals surface area contributed by atoms with E-state index in [1.54, 1.807) is 0 Å². The van der Waals surface area contributed by atoms with Crippen LogP contribution in [0.1, 0.15) is 30.1 Å². The fourth-order valence-corrected chi connectivity index (χ4v) is 3.48. The quantitative estimate of drug-likeness (QED) is 0.909. The second-order valence-corrected chi connectivity index (χ2v) is 6.25. The molecule has 0 saturated carbocycles. The average molecular weight is 304 g/mol. The van der Waals surface area contributed by atoms with E-state index in [0.717, 1.165) is 25.1 Å². The lowest BCUT2D eigenvalue weighted by molar-refractivity contribution is -0.188. The normalized spacial score (nSPS) is 28.6. The molecule has 22 heavy (non-hydrogen) atoms. The van der Waals surface area contributed by atoms with E-state index in [-0.39, 0.29) is 17.6 Å². The Morgan fingerprint density at radius 3 is 2.95 bits per heavy atom. The third-order valence-corrected chi connectivity index (χ3v) is 4.41. The molecule has 120 valence electrons. The summed E-state index contributed by atoms with van der Waals surface area (Å²) in [5, 5.41) is 3.09. The Morgan fingerprint density at radius 1 is 1.41 bits per heavy atom. The van der Waals surface area contributed by atoms with E-state index < -0.39 is 0 Å². The molecular formula is C17H24N2O3. The van der Waals surface area contributed by atoms with Gasteiger partial charge in [0.2, 0.25) is 0 Å². The van der Waals surface area contributed by atoms with Crippen LogP contribution in [-0.2, 0) is 9.47 Å². The molecule has 2 aliphatic heterocycles. The van der Waals surface area contributed by atoms with Gasteiger partial charge in [0.25, 0.3) is 5.91 Å². The van der Waals surface area contributed by atoms with Crippen molar-refractivity contribution in [3.05, 3.63) is 29.8 Å². The first-order valence-corrected chi connectivity index (χ1v) is 7.95. The summed E-state index contributed by atoms with van der Waals surface area (Å²) in [4.78, 5) is 14.9. The monoisotopic (exact) mass is 304 g/mol. The van der Waals surface area contributed by atoms with Crippen molar-refractivity contribution in [2.75, 3.05) is 38.7 Å². The number of hydrogen-bond acceptors (Lipinski definition) is 4. The highest BCUT2D eigenvalue weighted by Crippen LogP contribution is 2.31. The number of anilines is 1. The van der Waals surface area contributed by atoms with Crippen molar-refractivity contribution in [1.82, 2.24) is 4.90 Å². The van der Waals surface area contributed by atoms with Crippen LogP contribution < -0.4 is 5.32 Å². The van der Waals surface area contributed by atoms with E-state index in [9.17, 15) is 4.79 Å². The molecular weight excluding hydrogens is 280 g/mol. The van der Waals surface area contributed by atoms with Gasteiger partial charge in [-0.3, -0.25) is 4.79 Å².